The van der Waals surface area contributed by atoms with Crippen LogP contribution in [0.3, 0.4) is 0 Å². The van der Waals surface area contributed by atoms with Crippen molar-refractivity contribution >= 4 is 0 Å². The number of halogens is 1. The van der Waals surface area contributed by atoms with E-state index in [1.165, 1.54) is 11.6 Å². The summed E-state index contributed by atoms with van der Waals surface area (Å²) in [5.74, 6) is 0.658. The molecular formula is C26H32FN3O3. The Bertz CT molecular complexity index is 998. The molecule has 0 aliphatic carbocycles. The number of hydrogen-bond acceptors (Lipinski definition) is 5. The third-order valence-corrected chi connectivity index (χ3v) is 6.01. The zero-order valence-electron chi connectivity index (χ0n) is 18.9. The van der Waals surface area contributed by atoms with Gasteiger partial charge in [-0.3, -0.25) is 9.58 Å². The summed E-state index contributed by atoms with van der Waals surface area (Å²) in [7, 11) is 0. The summed E-state index contributed by atoms with van der Waals surface area (Å²) in [6, 6.07) is 16.4. The first-order valence-electron chi connectivity index (χ1n) is 11.6. The molecule has 33 heavy (non-hydrogen) atoms. The van der Waals surface area contributed by atoms with Crippen molar-refractivity contribution < 1.29 is 19.0 Å². The molecule has 0 bridgehead atoms. The molecule has 1 fully saturated rings. The lowest BCUT2D eigenvalue weighted by atomic mass is 9.96. The van der Waals surface area contributed by atoms with Gasteiger partial charge in [0.1, 0.15) is 12.4 Å². The van der Waals surface area contributed by atoms with Crippen LogP contribution in [0.1, 0.15) is 31.2 Å². The van der Waals surface area contributed by atoms with Crippen LogP contribution in [0.2, 0.25) is 0 Å². The SMILES string of the molecule is O[C@]1(COc2ccccc2F)CCCN(Cc2cccc(OCCCn3cccn3)c2)CC1. The second-order valence-corrected chi connectivity index (χ2v) is 8.69. The highest BCUT2D eigenvalue weighted by Gasteiger charge is 2.31. The van der Waals surface area contributed by atoms with E-state index in [4.69, 9.17) is 9.47 Å². The highest BCUT2D eigenvalue weighted by Crippen LogP contribution is 2.26. The largest absolute Gasteiger partial charge is 0.494 e. The second kappa shape index (κ2) is 11.3. The van der Waals surface area contributed by atoms with E-state index < -0.39 is 11.4 Å². The Morgan fingerprint density at radius 1 is 1.03 bits per heavy atom. The van der Waals surface area contributed by atoms with Gasteiger partial charge in [0.25, 0.3) is 0 Å². The predicted molar refractivity (Wildman–Crippen MR) is 125 cm³/mol. The minimum absolute atomic E-state index is 0.101. The zero-order chi connectivity index (χ0) is 22.9. The molecule has 1 N–H and O–H groups in total. The fourth-order valence-electron chi connectivity index (χ4n) is 4.15. The Labute approximate surface area is 194 Å². The van der Waals surface area contributed by atoms with Crippen molar-refractivity contribution in [3.63, 3.8) is 0 Å². The van der Waals surface area contributed by atoms with Gasteiger partial charge >= 0.3 is 0 Å². The Balaban J connectivity index is 1.24. The highest BCUT2D eigenvalue weighted by atomic mass is 19.1. The third kappa shape index (κ3) is 7.04. The molecule has 0 amide bonds. The van der Waals surface area contributed by atoms with Gasteiger partial charge in [-0.25, -0.2) is 4.39 Å². The molecule has 2 aromatic carbocycles. The monoisotopic (exact) mass is 453 g/mol. The molecule has 0 spiro atoms. The fraction of sp³-hybridized carbons (Fsp3) is 0.423. The van der Waals surface area contributed by atoms with Crippen LogP contribution in [0, 0.1) is 5.82 Å². The number of aryl methyl sites for hydroxylation is 1. The number of rotatable bonds is 10. The van der Waals surface area contributed by atoms with Gasteiger partial charge in [-0.2, -0.15) is 5.10 Å². The number of ether oxygens (including phenoxy) is 2. The smallest absolute Gasteiger partial charge is 0.165 e. The normalized spacial score (nSPS) is 19.2. The lowest BCUT2D eigenvalue weighted by Gasteiger charge is -2.27. The van der Waals surface area contributed by atoms with Crippen molar-refractivity contribution in [2.45, 2.75) is 44.4 Å². The summed E-state index contributed by atoms with van der Waals surface area (Å²) in [5.41, 5.74) is 0.240. The van der Waals surface area contributed by atoms with Crippen LogP contribution in [-0.4, -0.2) is 51.7 Å². The third-order valence-electron chi connectivity index (χ3n) is 6.01. The van der Waals surface area contributed by atoms with Crippen molar-refractivity contribution in [2.24, 2.45) is 0 Å². The summed E-state index contributed by atoms with van der Waals surface area (Å²) in [6.07, 6.45) is 6.72. The summed E-state index contributed by atoms with van der Waals surface area (Å²) >= 11 is 0. The van der Waals surface area contributed by atoms with Crippen LogP contribution in [0.25, 0.3) is 0 Å². The average Bonchev–Trinajstić information content (AvgIpc) is 3.27. The first kappa shape index (κ1) is 23.3. The summed E-state index contributed by atoms with van der Waals surface area (Å²) in [5, 5.41) is 15.2. The molecule has 1 atom stereocenters. The van der Waals surface area contributed by atoms with Crippen LogP contribution in [0.15, 0.2) is 67.0 Å². The molecule has 1 aliphatic rings. The zero-order valence-corrected chi connectivity index (χ0v) is 18.9. The van der Waals surface area contributed by atoms with E-state index in [-0.39, 0.29) is 12.4 Å². The first-order chi connectivity index (χ1) is 16.1. The van der Waals surface area contributed by atoms with E-state index in [0.29, 0.717) is 19.4 Å². The van der Waals surface area contributed by atoms with E-state index in [2.05, 4.69) is 22.1 Å². The van der Waals surface area contributed by atoms with Gasteiger partial charge < -0.3 is 14.6 Å². The lowest BCUT2D eigenvalue weighted by Crippen LogP contribution is -2.37. The number of aliphatic hydroxyl groups is 1. The maximum atomic E-state index is 13.8. The summed E-state index contributed by atoms with van der Waals surface area (Å²) in [6.45, 7) is 4.04. The molecular weight excluding hydrogens is 421 g/mol. The van der Waals surface area contributed by atoms with Crippen LogP contribution in [-0.2, 0) is 13.1 Å². The Kier molecular flexibility index (Phi) is 7.96. The Morgan fingerprint density at radius 3 is 2.79 bits per heavy atom. The maximum Gasteiger partial charge on any atom is 0.165 e. The minimum Gasteiger partial charge on any atom is -0.494 e. The average molecular weight is 454 g/mol. The first-order valence-corrected chi connectivity index (χ1v) is 11.6. The van der Waals surface area contributed by atoms with Crippen LogP contribution >= 0.6 is 0 Å². The van der Waals surface area contributed by atoms with Crippen molar-refractivity contribution in [3.8, 4) is 11.5 Å². The van der Waals surface area contributed by atoms with E-state index in [9.17, 15) is 9.50 Å². The number of aromatic nitrogens is 2. The van der Waals surface area contributed by atoms with Crippen LogP contribution in [0.4, 0.5) is 4.39 Å². The van der Waals surface area contributed by atoms with E-state index in [1.807, 2.05) is 29.1 Å². The molecule has 3 aromatic rings. The van der Waals surface area contributed by atoms with Gasteiger partial charge in [0.15, 0.2) is 11.6 Å². The molecule has 0 radical (unpaired) electrons. The molecule has 4 rings (SSSR count). The summed E-state index contributed by atoms with van der Waals surface area (Å²) < 4.78 is 27.3. The van der Waals surface area contributed by atoms with E-state index in [0.717, 1.165) is 44.8 Å². The van der Waals surface area contributed by atoms with Crippen molar-refractivity contribution in [2.75, 3.05) is 26.3 Å². The highest BCUT2D eigenvalue weighted by molar-refractivity contribution is 5.28. The number of nitrogens with zero attached hydrogens (tertiary/aromatic N) is 3. The van der Waals surface area contributed by atoms with E-state index in [1.54, 1.807) is 24.4 Å². The topological polar surface area (TPSA) is 59.8 Å². The molecule has 6 nitrogen and oxygen atoms in total. The van der Waals surface area contributed by atoms with Crippen LogP contribution < -0.4 is 9.47 Å². The predicted octanol–water partition coefficient (Wildman–Crippen LogP) is 4.29. The van der Waals surface area contributed by atoms with Crippen molar-refractivity contribution in [1.82, 2.24) is 14.7 Å². The van der Waals surface area contributed by atoms with E-state index >= 15 is 0 Å². The number of hydrogen-bond donors (Lipinski definition) is 1. The standard InChI is InChI=1S/C26H32FN3O3/c27-24-9-1-2-10-25(24)33-21-26(31)11-4-14-29(17-12-26)20-22-7-3-8-23(19-22)32-18-6-16-30-15-5-13-28-30/h1-3,5,7-10,13,15,19,31H,4,6,11-12,14,16-18,20-21H2/t26-/m1/s1. The minimum atomic E-state index is -0.948. The van der Waals surface area contributed by atoms with Crippen molar-refractivity contribution in [3.05, 3.63) is 78.4 Å². The van der Waals surface area contributed by atoms with Crippen LogP contribution in [0.5, 0.6) is 11.5 Å². The fourth-order valence-corrected chi connectivity index (χ4v) is 4.15. The molecule has 1 aliphatic heterocycles. The Morgan fingerprint density at radius 2 is 1.94 bits per heavy atom. The van der Waals surface area contributed by atoms with Gasteiger partial charge in [-0.05, 0) is 61.7 Å². The second-order valence-electron chi connectivity index (χ2n) is 8.69. The van der Waals surface area contributed by atoms with Gasteiger partial charge in [-0.1, -0.05) is 24.3 Å². The molecule has 7 heteroatoms. The molecule has 1 saturated heterocycles. The van der Waals surface area contributed by atoms with Crippen molar-refractivity contribution in [1.29, 1.82) is 0 Å². The molecule has 1 aromatic heterocycles. The van der Waals surface area contributed by atoms with Gasteiger partial charge in [0.2, 0.25) is 0 Å². The lowest BCUT2D eigenvalue weighted by molar-refractivity contribution is -0.0177. The quantitative estimate of drug-likeness (QED) is 0.464. The van der Waals surface area contributed by atoms with Gasteiger partial charge in [0, 0.05) is 38.4 Å². The maximum absolute atomic E-state index is 13.8. The number of benzene rings is 2. The molecule has 0 saturated carbocycles. The van der Waals surface area contributed by atoms with Gasteiger partial charge in [0.05, 0.1) is 12.2 Å². The van der Waals surface area contributed by atoms with Gasteiger partial charge in [-0.15, -0.1) is 0 Å². The number of likely N-dealkylation sites (tertiary alicyclic amines) is 1. The molecule has 176 valence electrons. The number of para-hydroxylation sites is 1. The molecule has 0 unspecified atom stereocenters. The summed E-state index contributed by atoms with van der Waals surface area (Å²) in [4.78, 5) is 2.35. The molecule has 2 heterocycles. The Hall–Kier alpha value is -2.90.